The Morgan fingerprint density at radius 1 is 1.17 bits per heavy atom. The minimum atomic E-state index is -3.96. The van der Waals surface area contributed by atoms with Crippen molar-refractivity contribution in [3.8, 4) is 0 Å². The van der Waals surface area contributed by atoms with Gasteiger partial charge in [0.1, 0.15) is 10.7 Å². The molecule has 0 amide bonds. The van der Waals surface area contributed by atoms with Crippen molar-refractivity contribution in [3.05, 3.63) is 77.0 Å². The molecule has 0 radical (unpaired) electrons. The number of halogens is 2. The van der Waals surface area contributed by atoms with Gasteiger partial charge in [-0.15, -0.1) is 0 Å². The molecule has 4 aromatic rings. The van der Waals surface area contributed by atoms with Gasteiger partial charge in [0, 0.05) is 25.1 Å². The van der Waals surface area contributed by atoms with Crippen molar-refractivity contribution in [1.82, 2.24) is 19.0 Å². The number of aryl methyl sites for hydroxylation is 1. The first-order chi connectivity index (χ1) is 13.8. The minimum Gasteiger partial charge on any atom is -0.294 e. The average molecular weight is 433 g/mol. The molecule has 0 atom stereocenters. The number of rotatable bonds is 5. The Labute approximate surface area is 170 Å². The molecule has 0 saturated heterocycles. The molecule has 0 saturated carbocycles. The number of ketones is 1. The van der Waals surface area contributed by atoms with Gasteiger partial charge in [-0.1, -0.05) is 29.8 Å². The molecule has 4 rings (SSSR count). The first-order valence-corrected chi connectivity index (χ1v) is 10.3. The minimum absolute atomic E-state index is 0.00961. The number of fused-ring (bicyclic) bond motifs is 1. The van der Waals surface area contributed by atoms with Crippen LogP contribution in [0.15, 0.2) is 59.9 Å². The summed E-state index contributed by atoms with van der Waals surface area (Å²) in [5.74, 6) is -1.21. The number of benzene rings is 2. The predicted octanol–water partition coefficient (Wildman–Crippen LogP) is 3.22. The van der Waals surface area contributed by atoms with E-state index < -0.39 is 21.6 Å². The second-order valence-electron chi connectivity index (χ2n) is 6.43. The lowest BCUT2D eigenvalue weighted by molar-refractivity contribution is 0.0989. The highest BCUT2D eigenvalue weighted by Crippen LogP contribution is 2.24. The third kappa shape index (κ3) is 3.43. The Balaban J connectivity index is 1.73. The van der Waals surface area contributed by atoms with E-state index in [1.54, 1.807) is 25.2 Å². The van der Waals surface area contributed by atoms with Crippen LogP contribution in [-0.2, 0) is 23.5 Å². The van der Waals surface area contributed by atoms with E-state index in [4.69, 9.17) is 11.6 Å². The van der Waals surface area contributed by atoms with Crippen LogP contribution in [0, 0.1) is 5.82 Å². The highest BCUT2D eigenvalue weighted by Gasteiger charge is 2.23. The van der Waals surface area contributed by atoms with Gasteiger partial charge in [-0.25, -0.2) is 4.39 Å². The van der Waals surface area contributed by atoms with E-state index in [-0.39, 0.29) is 21.9 Å². The Morgan fingerprint density at radius 2 is 1.97 bits per heavy atom. The quantitative estimate of drug-likeness (QED) is 0.452. The molecule has 0 aliphatic heterocycles. The van der Waals surface area contributed by atoms with Gasteiger partial charge in [0.15, 0.2) is 5.78 Å². The van der Waals surface area contributed by atoms with Crippen molar-refractivity contribution in [1.29, 1.82) is 0 Å². The third-order valence-electron chi connectivity index (χ3n) is 4.42. The van der Waals surface area contributed by atoms with E-state index in [1.165, 1.54) is 35.4 Å². The third-order valence-corrected chi connectivity index (χ3v) is 6.28. The van der Waals surface area contributed by atoms with Crippen molar-refractivity contribution in [2.75, 3.05) is 0 Å². The number of carbonyl (C=O) groups is 1. The summed E-state index contributed by atoms with van der Waals surface area (Å²) in [5, 5.41) is 8.48. The molecule has 2 aromatic heterocycles. The van der Waals surface area contributed by atoms with E-state index in [1.807, 2.05) is 0 Å². The molecule has 148 valence electrons. The normalized spacial score (nSPS) is 11.8. The summed E-state index contributed by atoms with van der Waals surface area (Å²) < 4.78 is 42.0. The molecule has 0 spiro atoms. The smallest absolute Gasteiger partial charge is 0.286 e. The van der Waals surface area contributed by atoms with Crippen LogP contribution in [0.3, 0.4) is 0 Å². The fraction of sp³-hybridized carbons (Fsp3) is 0.105. The Hall–Kier alpha value is -3.04. The van der Waals surface area contributed by atoms with E-state index in [0.29, 0.717) is 16.5 Å². The molecule has 7 nitrogen and oxygen atoms in total. The van der Waals surface area contributed by atoms with Gasteiger partial charge in [-0.3, -0.25) is 9.48 Å². The molecule has 2 heterocycles. The summed E-state index contributed by atoms with van der Waals surface area (Å²) >= 11 is 5.96. The predicted molar refractivity (Wildman–Crippen MR) is 105 cm³/mol. The van der Waals surface area contributed by atoms with Crippen molar-refractivity contribution in [3.63, 3.8) is 0 Å². The maximum Gasteiger partial charge on any atom is 0.286 e. The van der Waals surface area contributed by atoms with Crippen LogP contribution < -0.4 is 0 Å². The summed E-state index contributed by atoms with van der Waals surface area (Å²) in [6.07, 6.45) is 3.88. The van der Waals surface area contributed by atoms with E-state index in [9.17, 15) is 17.6 Å². The zero-order valence-electron chi connectivity index (χ0n) is 15.1. The van der Waals surface area contributed by atoms with E-state index >= 15 is 0 Å². The second-order valence-corrected chi connectivity index (χ2v) is 8.61. The van der Waals surface area contributed by atoms with Crippen LogP contribution in [0.1, 0.15) is 15.9 Å². The number of hydrogen-bond acceptors (Lipinski definition) is 5. The van der Waals surface area contributed by atoms with E-state index in [0.717, 1.165) is 10.2 Å². The Morgan fingerprint density at radius 3 is 2.66 bits per heavy atom. The summed E-state index contributed by atoms with van der Waals surface area (Å²) in [4.78, 5) is 12.6. The Kier molecular flexibility index (Phi) is 4.71. The first-order valence-electron chi connectivity index (χ1n) is 8.45. The molecular weight excluding hydrogens is 419 g/mol. The number of carbonyl (C=O) groups excluding carboxylic acids is 1. The van der Waals surface area contributed by atoms with Crippen LogP contribution in [-0.4, -0.2) is 33.2 Å². The van der Waals surface area contributed by atoms with Crippen molar-refractivity contribution >= 4 is 38.3 Å². The molecule has 2 aromatic carbocycles. The van der Waals surface area contributed by atoms with Crippen molar-refractivity contribution < 1.29 is 17.6 Å². The van der Waals surface area contributed by atoms with Crippen molar-refractivity contribution in [2.45, 2.75) is 11.3 Å². The summed E-state index contributed by atoms with van der Waals surface area (Å²) in [7, 11) is -2.35. The highest BCUT2D eigenvalue weighted by molar-refractivity contribution is 7.90. The van der Waals surface area contributed by atoms with Crippen LogP contribution >= 0.6 is 11.6 Å². The molecule has 0 fully saturated rings. The summed E-state index contributed by atoms with van der Waals surface area (Å²) in [5.41, 5.74) is 0.620. The van der Waals surface area contributed by atoms with Crippen LogP contribution in [0.5, 0.6) is 0 Å². The maximum atomic E-state index is 14.0. The molecule has 10 heteroatoms. The lowest BCUT2D eigenvalue weighted by Gasteiger charge is -2.07. The number of hydrogen-bond donors (Lipinski definition) is 0. The average Bonchev–Trinajstić information content (AvgIpc) is 3.28. The monoisotopic (exact) mass is 432 g/mol. The lowest BCUT2D eigenvalue weighted by Crippen LogP contribution is -2.14. The van der Waals surface area contributed by atoms with Crippen LogP contribution in [0.4, 0.5) is 4.39 Å². The van der Waals surface area contributed by atoms with E-state index in [2.05, 4.69) is 10.2 Å². The fourth-order valence-electron chi connectivity index (χ4n) is 3.01. The van der Waals surface area contributed by atoms with Gasteiger partial charge < -0.3 is 0 Å². The van der Waals surface area contributed by atoms with Crippen molar-refractivity contribution in [2.24, 2.45) is 7.05 Å². The zero-order chi connectivity index (χ0) is 20.8. The molecule has 0 N–H and O–H groups in total. The largest absolute Gasteiger partial charge is 0.294 e. The standard InChI is InChI=1S/C19H14ClFN4O3S/c1-24-11-14(10-22-24)29(27,28)25-17-7-12(5-6-13(17)9-23-25)8-18(26)19-15(20)3-2-4-16(19)21/h2-7,9-11H,8H2,1H3. The van der Waals surface area contributed by atoms with Crippen LogP contribution in [0.2, 0.25) is 5.02 Å². The van der Waals surface area contributed by atoms with Crippen LogP contribution in [0.25, 0.3) is 10.9 Å². The fourth-order valence-corrected chi connectivity index (χ4v) is 4.53. The maximum absolute atomic E-state index is 14.0. The topological polar surface area (TPSA) is 86.9 Å². The lowest BCUT2D eigenvalue weighted by atomic mass is 10.0. The van der Waals surface area contributed by atoms with Gasteiger partial charge >= 0.3 is 0 Å². The van der Waals surface area contributed by atoms with Gasteiger partial charge in [0.05, 0.1) is 28.5 Å². The molecule has 29 heavy (non-hydrogen) atoms. The van der Waals surface area contributed by atoms with Gasteiger partial charge in [0.2, 0.25) is 0 Å². The molecule has 0 aliphatic carbocycles. The summed E-state index contributed by atoms with van der Waals surface area (Å²) in [6.45, 7) is 0. The Bertz CT molecular complexity index is 1340. The highest BCUT2D eigenvalue weighted by atomic mass is 35.5. The number of nitrogens with zero attached hydrogens (tertiary/aromatic N) is 4. The first kappa shape index (κ1) is 19.3. The number of aromatic nitrogens is 4. The number of Topliss-reactive ketones (excluding diaryl/α,β-unsaturated/α-hetero) is 1. The summed E-state index contributed by atoms with van der Waals surface area (Å²) in [6, 6.07) is 8.89. The SMILES string of the molecule is Cn1cc(S(=O)(=O)n2ncc3ccc(CC(=O)c4c(F)cccc4Cl)cc32)cn1. The van der Waals surface area contributed by atoms with Gasteiger partial charge in [-0.05, 0) is 23.8 Å². The van der Waals surface area contributed by atoms with Gasteiger partial charge in [0.25, 0.3) is 10.0 Å². The molecule has 0 aliphatic rings. The molecule has 0 unspecified atom stereocenters. The molecule has 0 bridgehead atoms. The van der Waals surface area contributed by atoms with Gasteiger partial charge in [-0.2, -0.15) is 22.7 Å². The zero-order valence-corrected chi connectivity index (χ0v) is 16.7. The second kappa shape index (κ2) is 7.09. The molecular formula is C19H14ClFN4O3S.